The number of allylic oxidation sites excluding steroid dienone is 1. The van der Waals surface area contributed by atoms with Gasteiger partial charge in [-0.3, -0.25) is 0 Å². The summed E-state index contributed by atoms with van der Waals surface area (Å²) in [6, 6.07) is 0. The molecular weight excluding hydrogens is 156 g/mol. The molecule has 13 heavy (non-hydrogen) atoms. The van der Waals surface area contributed by atoms with Gasteiger partial charge in [-0.15, -0.1) is 0 Å². The van der Waals surface area contributed by atoms with Crippen molar-refractivity contribution in [1.82, 2.24) is 0 Å². The molecule has 1 radical (unpaired) electrons. The molecule has 4 rings (SSSR count). The largest absolute Gasteiger partial charge is 0.0840 e. The molecule has 0 nitrogen and oxygen atoms in total. The molecule has 0 aromatic heterocycles. The van der Waals surface area contributed by atoms with Crippen molar-refractivity contribution >= 4 is 0 Å². The fourth-order valence-corrected chi connectivity index (χ4v) is 4.79. The Balaban J connectivity index is 1.87. The molecule has 0 heterocycles. The van der Waals surface area contributed by atoms with Crippen LogP contribution in [0.25, 0.3) is 0 Å². The molecule has 0 N–H and O–H groups in total. The quantitative estimate of drug-likeness (QED) is 0.601. The van der Waals surface area contributed by atoms with E-state index in [2.05, 4.69) is 0 Å². The van der Waals surface area contributed by atoms with Crippen LogP contribution in [-0.4, -0.2) is 0 Å². The molecule has 0 saturated heterocycles. The third-order valence-electron chi connectivity index (χ3n) is 4.72. The Morgan fingerprint density at radius 3 is 1.85 bits per heavy atom. The highest BCUT2D eigenvalue weighted by Crippen LogP contribution is 2.61. The van der Waals surface area contributed by atoms with Crippen molar-refractivity contribution in [2.45, 2.75) is 44.9 Å². The van der Waals surface area contributed by atoms with Crippen LogP contribution in [0.3, 0.4) is 0 Å². The van der Waals surface area contributed by atoms with Crippen LogP contribution in [0.5, 0.6) is 0 Å². The second-order valence-electron chi connectivity index (χ2n) is 5.86. The van der Waals surface area contributed by atoms with E-state index in [0.29, 0.717) is 5.41 Å². The Morgan fingerprint density at radius 1 is 1.00 bits per heavy atom. The van der Waals surface area contributed by atoms with Gasteiger partial charge in [-0.25, -0.2) is 0 Å². The zero-order valence-corrected chi connectivity index (χ0v) is 8.34. The van der Waals surface area contributed by atoms with Gasteiger partial charge in [0.1, 0.15) is 0 Å². The second kappa shape index (κ2) is 2.62. The molecule has 4 fully saturated rings. The van der Waals surface area contributed by atoms with E-state index in [1.807, 2.05) is 6.08 Å². The summed E-state index contributed by atoms with van der Waals surface area (Å²) in [4.78, 5) is 0. The molecule has 0 atom stereocenters. The Morgan fingerprint density at radius 2 is 1.46 bits per heavy atom. The van der Waals surface area contributed by atoms with Gasteiger partial charge in [0.25, 0.3) is 0 Å². The normalized spacial score (nSPS) is 52.5. The van der Waals surface area contributed by atoms with Crippen LogP contribution in [0.2, 0.25) is 0 Å². The maximum Gasteiger partial charge on any atom is -0.0255 e. The van der Waals surface area contributed by atoms with Crippen molar-refractivity contribution in [2.24, 2.45) is 23.2 Å². The molecule has 0 aromatic carbocycles. The SMILES string of the molecule is [CH]=CCC12CC3CC(CC(C3)C1)C2. The molecule has 4 aliphatic carbocycles. The van der Waals surface area contributed by atoms with Gasteiger partial charge in [-0.1, -0.05) is 12.7 Å². The van der Waals surface area contributed by atoms with Gasteiger partial charge in [0, 0.05) is 0 Å². The lowest BCUT2D eigenvalue weighted by Crippen LogP contribution is -2.45. The highest BCUT2D eigenvalue weighted by atomic mass is 14.5. The molecule has 4 aliphatic rings. The van der Waals surface area contributed by atoms with Crippen LogP contribution >= 0.6 is 0 Å². The van der Waals surface area contributed by atoms with Crippen molar-refractivity contribution in [3.05, 3.63) is 12.7 Å². The summed E-state index contributed by atoms with van der Waals surface area (Å²) in [5.41, 5.74) is 0.670. The Bertz CT molecular complexity index is 191. The van der Waals surface area contributed by atoms with E-state index in [0.717, 1.165) is 17.8 Å². The predicted octanol–water partition coefficient (Wildman–Crippen LogP) is 3.58. The lowest BCUT2D eigenvalue weighted by Gasteiger charge is -2.56. The van der Waals surface area contributed by atoms with E-state index >= 15 is 0 Å². The molecule has 0 unspecified atom stereocenters. The third-order valence-corrected chi connectivity index (χ3v) is 4.72. The van der Waals surface area contributed by atoms with Gasteiger partial charge >= 0.3 is 0 Å². The van der Waals surface area contributed by atoms with Crippen LogP contribution < -0.4 is 0 Å². The summed E-state index contributed by atoms with van der Waals surface area (Å²) in [5, 5.41) is 0. The van der Waals surface area contributed by atoms with E-state index in [9.17, 15) is 0 Å². The van der Waals surface area contributed by atoms with Crippen molar-refractivity contribution in [3.8, 4) is 0 Å². The van der Waals surface area contributed by atoms with Gasteiger partial charge < -0.3 is 0 Å². The summed E-state index contributed by atoms with van der Waals surface area (Å²) < 4.78 is 0. The van der Waals surface area contributed by atoms with E-state index in [1.165, 1.54) is 25.7 Å². The molecular formula is C13H19. The first-order chi connectivity index (χ1) is 6.30. The van der Waals surface area contributed by atoms with Gasteiger partial charge in [0.05, 0.1) is 0 Å². The maximum absolute atomic E-state index is 5.62. The molecule has 0 amide bonds. The minimum absolute atomic E-state index is 0.670. The van der Waals surface area contributed by atoms with E-state index in [-0.39, 0.29) is 0 Å². The third kappa shape index (κ3) is 1.18. The van der Waals surface area contributed by atoms with Crippen molar-refractivity contribution in [2.75, 3.05) is 0 Å². The minimum Gasteiger partial charge on any atom is -0.0840 e. The fraction of sp³-hybridized carbons (Fsp3) is 0.846. The topological polar surface area (TPSA) is 0 Å². The van der Waals surface area contributed by atoms with Gasteiger partial charge in [0.15, 0.2) is 0 Å². The lowest BCUT2D eigenvalue weighted by molar-refractivity contribution is -0.0506. The van der Waals surface area contributed by atoms with Crippen molar-refractivity contribution in [1.29, 1.82) is 0 Å². The highest BCUT2D eigenvalue weighted by Gasteiger charge is 2.49. The Kier molecular flexibility index (Phi) is 1.63. The smallest absolute Gasteiger partial charge is 0.0255 e. The average Bonchev–Trinajstić information content (AvgIpc) is 2.00. The average molecular weight is 175 g/mol. The summed E-state index contributed by atoms with van der Waals surface area (Å²) >= 11 is 0. The lowest BCUT2D eigenvalue weighted by atomic mass is 9.49. The fourth-order valence-electron chi connectivity index (χ4n) is 4.79. The number of hydrogen-bond acceptors (Lipinski definition) is 0. The zero-order chi connectivity index (χ0) is 8.89. The van der Waals surface area contributed by atoms with Crippen LogP contribution in [0.15, 0.2) is 6.08 Å². The Labute approximate surface area is 81.4 Å². The zero-order valence-electron chi connectivity index (χ0n) is 8.34. The van der Waals surface area contributed by atoms with E-state index < -0.39 is 0 Å². The molecule has 0 aliphatic heterocycles. The van der Waals surface area contributed by atoms with Gasteiger partial charge in [-0.05, 0) is 68.1 Å². The van der Waals surface area contributed by atoms with Crippen molar-refractivity contribution in [3.63, 3.8) is 0 Å². The van der Waals surface area contributed by atoms with Gasteiger partial charge in [-0.2, -0.15) is 0 Å². The number of hydrogen-bond donors (Lipinski definition) is 0. The first-order valence-electron chi connectivity index (χ1n) is 5.83. The molecule has 71 valence electrons. The van der Waals surface area contributed by atoms with Crippen LogP contribution in [-0.2, 0) is 0 Å². The standard InChI is InChI=1S/C13H19/c1-2-3-13-7-10-4-11(8-13)6-12(5-10)9-13/h1-2,10-12H,3-9H2. The minimum atomic E-state index is 0.670. The van der Waals surface area contributed by atoms with E-state index in [4.69, 9.17) is 6.58 Å². The molecule has 0 spiro atoms. The monoisotopic (exact) mass is 175 g/mol. The highest BCUT2D eigenvalue weighted by molar-refractivity contribution is 5.02. The maximum atomic E-state index is 5.62. The summed E-state index contributed by atoms with van der Waals surface area (Å²) in [7, 11) is 0. The summed E-state index contributed by atoms with van der Waals surface area (Å²) in [5.74, 6) is 3.23. The molecule has 4 bridgehead atoms. The van der Waals surface area contributed by atoms with Crippen LogP contribution in [0.1, 0.15) is 44.9 Å². The number of rotatable bonds is 2. The molecule has 0 aromatic rings. The predicted molar refractivity (Wildman–Crippen MR) is 54.1 cm³/mol. The van der Waals surface area contributed by atoms with Crippen molar-refractivity contribution < 1.29 is 0 Å². The summed E-state index contributed by atoms with van der Waals surface area (Å²) in [6.45, 7) is 5.62. The molecule has 4 saturated carbocycles. The second-order valence-corrected chi connectivity index (χ2v) is 5.86. The molecule has 0 heteroatoms. The van der Waals surface area contributed by atoms with Crippen LogP contribution in [0.4, 0.5) is 0 Å². The van der Waals surface area contributed by atoms with Gasteiger partial charge in [0.2, 0.25) is 0 Å². The first kappa shape index (κ1) is 8.08. The van der Waals surface area contributed by atoms with E-state index in [1.54, 1.807) is 19.3 Å². The first-order valence-corrected chi connectivity index (χ1v) is 5.83. The van der Waals surface area contributed by atoms with Crippen LogP contribution in [0, 0.1) is 29.7 Å². The summed E-state index contributed by atoms with van der Waals surface area (Å²) in [6.07, 6.45) is 12.2. The Hall–Kier alpha value is -0.260.